The molecule has 0 saturated heterocycles. The summed E-state index contributed by atoms with van der Waals surface area (Å²) in [5.74, 6) is 0.464. The lowest BCUT2D eigenvalue weighted by Gasteiger charge is -2.28. The molecule has 42 heavy (non-hydrogen) atoms. The van der Waals surface area contributed by atoms with Crippen molar-refractivity contribution in [3.8, 4) is 17.1 Å². The number of ether oxygens (including phenoxy) is 1. The highest BCUT2D eigenvalue weighted by Gasteiger charge is 2.26. The average Bonchev–Trinajstić information content (AvgIpc) is 2.94. The number of carbonyl (C=O) groups is 1. The molecule has 1 amide bonds. The van der Waals surface area contributed by atoms with Crippen molar-refractivity contribution in [1.29, 1.82) is 0 Å². The number of benzene rings is 3. The first-order valence-electron chi connectivity index (χ1n) is 14.0. The molecule has 2 atom stereocenters. The lowest BCUT2D eigenvalue weighted by atomic mass is 9.85. The van der Waals surface area contributed by atoms with Crippen LogP contribution in [0, 0.1) is 26.7 Å². The summed E-state index contributed by atoms with van der Waals surface area (Å²) in [6.45, 7) is 10.2. The average molecular weight is 587 g/mol. The van der Waals surface area contributed by atoms with Crippen LogP contribution in [0.5, 0.6) is 5.88 Å². The Labute approximate surface area is 248 Å². The molecule has 1 heterocycles. The lowest BCUT2D eigenvalue weighted by Crippen LogP contribution is -2.39. The standard InChI is InChI=1S/C33H38N4O4S/c1-22(2)17-28(26-14-7-6-8-15-26)30(34-21-38)20-41-31-19-29(32-24(4)12-10-13-25(32)5)35-33(36-31)37-42(39,40)27-16-9-11-23(3)18-27/h6-16,18-19,21-22,28,30H,17,20H2,1-5H3,(H,34,38)(H,35,36,37)/t28?,30-/m1/s1. The van der Waals surface area contributed by atoms with Crippen LogP contribution in [0.4, 0.5) is 5.95 Å². The Morgan fingerprint density at radius 3 is 2.21 bits per heavy atom. The van der Waals surface area contributed by atoms with Gasteiger partial charge in [0.15, 0.2) is 0 Å². The number of hydrogen-bond donors (Lipinski definition) is 2. The molecular formula is C33H38N4O4S. The van der Waals surface area contributed by atoms with E-state index in [2.05, 4.69) is 46.0 Å². The summed E-state index contributed by atoms with van der Waals surface area (Å²) in [5.41, 5.74) is 5.27. The summed E-state index contributed by atoms with van der Waals surface area (Å²) in [5, 5.41) is 2.94. The van der Waals surface area contributed by atoms with Crippen molar-refractivity contribution >= 4 is 22.4 Å². The molecule has 3 aromatic carbocycles. The second-order valence-electron chi connectivity index (χ2n) is 11.0. The number of aryl methyl sites for hydroxylation is 3. The van der Waals surface area contributed by atoms with E-state index in [1.54, 1.807) is 18.2 Å². The first-order chi connectivity index (χ1) is 20.1. The second-order valence-corrected chi connectivity index (χ2v) is 12.6. The third-order valence-corrected chi connectivity index (χ3v) is 8.42. The zero-order valence-electron chi connectivity index (χ0n) is 24.7. The van der Waals surface area contributed by atoms with E-state index < -0.39 is 10.0 Å². The SMILES string of the molecule is Cc1cccc(S(=O)(=O)Nc2nc(OC[C@@H](NC=O)C(CC(C)C)c3ccccc3)cc(-c3c(C)cccc3C)n2)c1. The third kappa shape index (κ3) is 7.73. The van der Waals surface area contributed by atoms with Gasteiger partial charge in [-0.1, -0.05) is 74.5 Å². The van der Waals surface area contributed by atoms with Crippen LogP contribution in [-0.2, 0) is 14.8 Å². The largest absolute Gasteiger partial charge is 0.475 e. The summed E-state index contributed by atoms with van der Waals surface area (Å²) in [4.78, 5) is 20.8. The van der Waals surface area contributed by atoms with Crippen molar-refractivity contribution in [3.63, 3.8) is 0 Å². The van der Waals surface area contributed by atoms with Gasteiger partial charge in [-0.15, -0.1) is 0 Å². The fraction of sp³-hybridized carbons (Fsp3) is 0.303. The number of sulfonamides is 1. The summed E-state index contributed by atoms with van der Waals surface area (Å²) in [6.07, 6.45) is 1.52. The number of aromatic nitrogens is 2. The zero-order chi connectivity index (χ0) is 30.3. The molecule has 1 unspecified atom stereocenters. The molecule has 8 nitrogen and oxygen atoms in total. The van der Waals surface area contributed by atoms with Crippen LogP contribution in [0.25, 0.3) is 11.3 Å². The molecule has 0 saturated carbocycles. The molecule has 9 heteroatoms. The molecule has 4 rings (SSSR count). The van der Waals surface area contributed by atoms with Crippen LogP contribution in [-0.4, -0.2) is 37.4 Å². The number of anilines is 1. The summed E-state index contributed by atoms with van der Waals surface area (Å²) >= 11 is 0. The number of carbonyl (C=O) groups excluding carboxylic acids is 1. The smallest absolute Gasteiger partial charge is 0.264 e. The minimum absolute atomic E-state index is 0.00406. The third-order valence-electron chi connectivity index (χ3n) is 7.10. The number of hydrogen-bond acceptors (Lipinski definition) is 6. The van der Waals surface area contributed by atoms with Crippen LogP contribution in [0.15, 0.2) is 83.8 Å². The van der Waals surface area contributed by atoms with Crippen LogP contribution in [0.1, 0.15) is 48.4 Å². The van der Waals surface area contributed by atoms with Crippen molar-refractivity contribution in [2.75, 3.05) is 11.3 Å². The van der Waals surface area contributed by atoms with Crippen molar-refractivity contribution in [2.45, 2.75) is 57.9 Å². The molecule has 2 N–H and O–H groups in total. The van der Waals surface area contributed by atoms with E-state index in [9.17, 15) is 13.2 Å². The number of amides is 1. The predicted octanol–water partition coefficient (Wildman–Crippen LogP) is 6.19. The lowest BCUT2D eigenvalue weighted by molar-refractivity contribution is -0.110. The van der Waals surface area contributed by atoms with Crippen molar-refractivity contribution in [2.24, 2.45) is 5.92 Å². The molecule has 0 bridgehead atoms. The maximum Gasteiger partial charge on any atom is 0.264 e. The van der Waals surface area contributed by atoms with Gasteiger partial charge < -0.3 is 10.1 Å². The molecule has 0 aliphatic heterocycles. The van der Waals surface area contributed by atoms with Crippen LogP contribution in [0.3, 0.4) is 0 Å². The Balaban J connectivity index is 1.72. The van der Waals surface area contributed by atoms with Gasteiger partial charge >= 0.3 is 0 Å². The fourth-order valence-corrected chi connectivity index (χ4v) is 6.18. The van der Waals surface area contributed by atoms with E-state index in [-0.39, 0.29) is 35.3 Å². The molecular weight excluding hydrogens is 548 g/mol. The van der Waals surface area contributed by atoms with E-state index in [1.807, 2.05) is 63.2 Å². The minimum Gasteiger partial charge on any atom is -0.475 e. The van der Waals surface area contributed by atoms with Crippen molar-refractivity contribution in [3.05, 3.63) is 101 Å². The Morgan fingerprint density at radius 2 is 1.57 bits per heavy atom. The van der Waals surface area contributed by atoms with Gasteiger partial charge in [0, 0.05) is 17.5 Å². The second kappa shape index (κ2) is 13.6. The van der Waals surface area contributed by atoms with Gasteiger partial charge in [0.2, 0.25) is 18.2 Å². The van der Waals surface area contributed by atoms with Gasteiger partial charge in [-0.25, -0.2) is 18.1 Å². The van der Waals surface area contributed by atoms with Crippen LogP contribution in [0.2, 0.25) is 0 Å². The van der Waals surface area contributed by atoms with E-state index in [0.29, 0.717) is 18.0 Å². The number of rotatable bonds is 13. The van der Waals surface area contributed by atoms with Gasteiger partial charge in [-0.2, -0.15) is 4.98 Å². The maximum atomic E-state index is 13.3. The Morgan fingerprint density at radius 1 is 0.881 bits per heavy atom. The monoisotopic (exact) mass is 586 g/mol. The summed E-state index contributed by atoms with van der Waals surface area (Å²) < 4.78 is 35.3. The van der Waals surface area contributed by atoms with Crippen molar-refractivity contribution < 1.29 is 17.9 Å². The van der Waals surface area contributed by atoms with E-state index in [4.69, 9.17) is 4.74 Å². The highest BCUT2D eigenvalue weighted by molar-refractivity contribution is 7.92. The highest BCUT2D eigenvalue weighted by atomic mass is 32.2. The molecule has 1 aromatic heterocycles. The Kier molecular flexibility index (Phi) is 9.96. The predicted molar refractivity (Wildman–Crippen MR) is 166 cm³/mol. The fourth-order valence-electron chi connectivity index (χ4n) is 5.14. The van der Waals surface area contributed by atoms with E-state index >= 15 is 0 Å². The van der Waals surface area contributed by atoms with Crippen LogP contribution >= 0.6 is 0 Å². The first kappa shape index (κ1) is 30.7. The normalized spacial score (nSPS) is 12.9. The molecule has 0 aliphatic rings. The summed E-state index contributed by atoms with van der Waals surface area (Å²) in [6, 6.07) is 23.9. The van der Waals surface area contributed by atoms with Gasteiger partial charge in [0.25, 0.3) is 10.0 Å². The van der Waals surface area contributed by atoms with Gasteiger partial charge in [-0.3, -0.25) is 4.79 Å². The topological polar surface area (TPSA) is 110 Å². The number of nitrogens with zero attached hydrogens (tertiary/aromatic N) is 2. The molecule has 0 radical (unpaired) electrons. The zero-order valence-corrected chi connectivity index (χ0v) is 25.5. The first-order valence-corrected chi connectivity index (χ1v) is 15.5. The van der Waals surface area contributed by atoms with E-state index in [1.165, 1.54) is 6.07 Å². The molecule has 4 aromatic rings. The highest BCUT2D eigenvalue weighted by Crippen LogP contribution is 2.31. The number of nitrogens with one attached hydrogen (secondary N) is 2. The van der Waals surface area contributed by atoms with Gasteiger partial charge in [0.1, 0.15) is 6.61 Å². The molecule has 220 valence electrons. The van der Waals surface area contributed by atoms with Crippen molar-refractivity contribution in [1.82, 2.24) is 15.3 Å². The maximum absolute atomic E-state index is 13.3. The molecule has 0 aliphatic carbocycles. The van der Waals surface area contributed by atoms with E-state index in [0.717, 1.165) is 34.2 Å². The quantitative estimate of drug-likeness (QED) is 0.181. The Hall–Kier alpha value is -4.24. The molecule has 0 spiro atoms. The summed E-state index contributed by atoms with van der Waals surface area (Å²) in [7, 11) is -3.96. The molecule has 0 fully saturated rings. The minimum atomic E-state index is -3.96. The Bertz CT molecular complexity index is 1600. The van der Waals surface area contributed by atoms with Gasteiger partial charge in [-0.05, 0) is 67.5 Å². The van der Waals surface area contributed by atoms with Crippen LogP contribution < -0.4 is 14.8 Å². The van der Waals surface area contributed by atoms with Gasteiger partial charge in [0.05, 0.1) is 16.6 Å².